The summed E-state index contributed by atoms with van der Waals surface area (Å²) in [5.41, 5.74) is 0. The Morgan fingerprint density at radius 3 is 2.53 bits per heavy atom. The summed E-state index contributed by atoms with van der Waals surface area (Å²) in [5, 5.41) is 1.50. The predicted molar refractivity (Wildman–Crippen MR) is 64.6 cm³/mol. The fourth-order valence-corrected chi connectivity index (χ4v) is 2.05. The molecule has 1 aliphatic heterocycles. The van der Waals surface area contributed by atoms with Crippen molar-refractivity contribution in [3.8, 4) is 17.4 Å². The minimum atomic E-state index is -0.379. The van der Waals surface area contributed by atoms with Crippen LogP contribution in [-0.4, -0.2) is 27.0 Å². The standard InChI is InChI=1S/C13H12O6/c1-15-12(14)5-9-7-3-10-11(18-6-17-10)4-8(7)13(16-2)19-9/h3-4H,5-6H2,1-2H3. The van der Waals surface area contributed by atoms with E-state index in [1.165, 1.54) is 14.2 Å². The minimum absolute atomic E-state index is 0.0377. The van der Waals surface area contributed by atoms with Crippen LogP contribution in [0.4, 0.5) is 0 Å². The molecule has 6 heteroatoms. The van der Waals surface area contributed by atoms with Gasteiger partial charge in [-0.05, 0) is 12.1 Å². The summed E-state index contributed by atoms with van der Waals surface area (Å²) >= 11 is 0. The number of carbonyl (C=O) groups is 1. The number of rotatable bonds is 3. The quantitative estimate of drug-likeness (QED) is 0.788. The summed E-state index contributed by atoms with van der Waals surface area (Å²) in [6, 6.07) is 3.56. The molecule has 0 bridgehead atoms. The molecule has 100 valence electrons. The average molecular weight is 264 g/mol. The van der Waals surface area contributed by atoms with E-state index in [-0.39, 0.29) is 19.2 Å². The second kappa shape index (κ2) is 4.38. The highest BCUT2D eigenvalue weighted by atomic mass is 16.7. The first-order chi connectivity index (χ1) is 9.22. The van der Waals surface area contributed by atoms with Crippen LogP contribution in [-0.2, 0) is 16.0 Å². The minimum Gasteiger partial charge on any atom is -0.469 e. The molecule has 0 radical (unpaired) electrons. The van der Waals surface area contributed by atoms with E-state index in [2.05, 4.69) is 4.74 Å². The van der Waals surface area contributed by atoms with Crippen molar-refractivity contribution >= 4 is 16.7 Å². The van der Waals surface area contributed by atoms with Crippen LogP contribution in [0.2, 0.25) is 0 Å². The van der Waals surface area contributed by atoms with Gasteiger partial charge in [-0.15, -0.1) is 0 Å². The van der Waals surface area contributed by atoms with E-state index in [1.54, 1.807) is 12.1 Å². The molecule has 0 unspecified atom stereocenters. The molecule has 0 aliphatic carbocycles. The fourth-order valence-electron chi connectivity index (χ4n) is 2.05. The van der Waals surface area contributed by atoms with Crippen LogP contribution in [0.5, 0.6) is 17.4 Å². The Balaban J connectivity index is 2.14. The zero-order valence-corrected chi connectivity index (χ0v) is 10.5. The van der Waals surface area contributed by atoms with Gasteiger partial charge in [0.25, 0.3) is 5.95 Å². The Labute approximate surface area is 108 Å². The number of benzene rings is 1. The van der Waals surface area contributed by atoms with Crippen LogP contribution in [0.15, 0.2) is 16.5 Å². The second-order valence-electron chi connectivity index (χ2n) is 4.02. The Hall–Kier alpha value is -2.37. The van der Waals surface area contributed by atoms with Crippen molar-refractivity contribution in [1.29, 1.82) is 0 Å². The van der Waals surface area contributed by atoms with Crippen LogP contribution in [0.25, 0.3) is 10.8 Å². The van der Waals surface area contributed by atoms with E-state index in [0.717, 1.165) is 10.8 Å². The van der Waals surface area contributed by atoms with E-state index in [9.17, 15) is 4.79 Å². The zero-order chi connectivity index (χ0) is 13.4. The first kappa shape index (κ1) is 11.7. The van der Waals surface area contributed by atoms with Gasteiger partial charge in [0.1, 0.15) is 12.2 Å². The third-order valence-corrected chi connectivity index (χ3v) is 2.97. The van der Waals surface area contributed by atoms with Crippen molar-refractivity contribution in [2.24, 2.45) is 0 Å². The van der Waals surface area contributed by atoms with Crippen LogP contribution in [0, 0.1) is 0 Å². The molecule has 1 aromatic heterocycles. The molecule has 0 saturated heterocycles. The van der Waals surface area contributed by atoms with Gasteiger partial charge in [0.05, 0.1) is 19.6 Å². The lowest BCUT2D eigenvalue weighted by Crippen LogP contribution is -2.03. The predicted octanol–water partition coefficient (Wildman–Crippen LogP) is 1.89. The summed E-state index contributed by atoms with van der Waals surface area (Å²) in [5.74, 6) is 1.71. The lowest BCUT2D eigenvalue weighted by molar-refractivity contribution is -0.140. The largest absolute Gasteiger partial charge is 0.469 e. The maximum Gasteiger partial charge on any atom is 0.313 e. The third kappa shape index (κ3) is 1.85. The summed E-state index contributed by atoms with van der Waals surface area (Å²) in [6.07, 6.45) is 0.0377. The Morgan fingerprint density at radius 1 is 1.21 bits per heavy atom. The SMILES string of the molecule is COC(=O)Cc1oc(OC)c2cc3c(cc12)OCO3. The van der Waals surface area contributed by atoms with Gasteiger partial charge in [0, 0.05) is 5.39 Å². The van der Waals surface area contributed by atoms with Crippen molar-refractivity contribution in [2.75, 3.05) is 21.0 Å². The molecule has 19 heavy (non-hydrogen) atoms. The third-order valence-electron chi connectivity index (χ3n) is 2.97. The normalized spacial score (nSPS) is 12.7. The fraction of sp³-hybridized carbons (Fsp3) is 0.308. The van der Waals surface area contributed by atoms with E-state index in [1.807, 2.05) is 0 Å². The second-order valence-corrected chi connectivity index (χ2v) is 4.02. The molecular formula is C13H12O6. The summed E-state index contributed by atoms with van der Waals surface area (Å²) in [7, 11) is 2.84. The lowest BCUT2D eigenvalue weighted by atomic mass is 10.1. The Bertz CT molecular complexity index is 642. The van der Waals surface area contributed by atoms with Crippen molar-refractivity contribution in [1.82, 2.24) is 0 Å². The van der Waals surface area contributed by atoms with Crippen molar-refractivity contribution in [2.45, 2.75) is 6.42 Å². The zero-order valence-electron chi connectivity index (χ0n) is 10.5. The number of hydrogen-bond acceptors (Lipinski definition) is 6. The maximum atomic E-state index is 11.4. The number of hydrogen-bond donors (Lipinski definition) is 0. The lowest BCUT2D eigenvalue weighted by Gasteiger charge is -1.98. The van der Waals surface area contributed by atoms with Crippen molar-refractivity contribution in [3.63, 3.8) is 0 Å². The van der Waals surface area contributed by atoms with Crippen molar-refractivity contribution in [3.05, 3.63) is 17.9 Å². The van der Waals surface area contributed by atoms with Crippen LogP contribution in [0.3, 0.4) is 0 Å². The van der Waals surface area contributed by atoms with E-state index >= 15 is 0 Å². The van der Waals surface area contributed by atoms with Gasteiger partial charge in [-0.2, -0.15) is 0 Å². The highest BCUT2D eigenvalue weighted by Crippen LogP contribution is 2.42. The summed E-state index contributed by atoms with van der Waals surface area (Å²) in [6.45, 7) is 0.188. The molecule has 6 nitrogen and oxygen atoms in total. The highest BCUT2D eigenvalue weighted by Gasteiger charge is 2.22. The van der Waals surface area contributed by atoms with Gasteiger partial charge in [-0.1, -0.05) is 0 Å². The van der Waals surface area contributed by atoms with Gasteiger partial charge in [-0.3, -0.25) is 4.79 Å². The van der Waals surface area contributed by atoms with Crippen LogP contribution >= 0.6 is 0 Å². The van der Waals surface area contributed by atoms with E-state index < -0.39 is 0 Å². The maximum absolute atomic E-state index is 11.4. The smallest absolute Gasteiger partial charge is 0.313 e. The highest BCUT2D eigenvalue weighted by molar-refractivity contribution is 5.94. The summed E-state index contributed by atoms with van der Waals surface area (Å²) < 4.78 is 26.0. The number of furan rings is 1. The molecule has 0 amide bonds. The topological polar surface area (TPSA) is 67.1 Å². The van der Waals surface area contributed by atoms with Gasteiger partial charge in [0.2, 0.25) is 6.79 Å². The number of methoxy groups -OCH3 is 2. The Kier molecular flexibility index (Phi) is 2.70. The van der Waals surface area contributed by atoms with Crippen LogP contribution in [0.1, 0.15) is 5.76 Å². The molecule has 1 aliphatic rings. The van der Waals surface area contributed by atoms with Gasteiger partial charge in [0.15, 0.2) is 11.5 Å². The summed E-state index contributed by atoms with van der Waals surface area (Å²) in [4.78, 5) is 11.4. The Morgan fingerprint density at radius 2 is 1.89 bits per heavy atom. The monoisotopic (exact) mass is 264 g/mol. The molecule has 1 aromatic carbocycles. The van der Waals surface area contributed by atoms with Crippen LogP contribution < -0.4 is 14.2 Å². The molecular weight excluding hydrogens is 252 g/mol. The number of esters is 1. The molecule has 0 spiro atoms. The van der Waals surface area contributed by atoms with Crippen molar-refractivity contribution < 1.29 is 28.2 Å². The molecule has 2 aromatic rings. The first-order valence-electron chi connectivity index (χ1n) is 5.68. The van der Waals surface area contributed by atoms with Gasteiger partial charge >= 0.3 is 5.97 Å². The van der Waals surface area contributed by atoms with Gasteiger partial charge < -0.3 is 23.4 Å². The number of carbonyl (C=O) groups excluding carboxylic acids is 1. The number of ether oxygens (including phenoxy) is 4. The average Bonchev–Trinajstić information content (AvgIpc) is 3.00. The van der Waals surface area contributed by atoms with Gasteiger partial charge in [-0.25, -0.2) is 0 Å². The van der Waals surface area contributed by atoms with E-state index in [4.69, 9.17) is 18.6 Å². The first-order valence-corrected chi connectivity index (χ1v) is 5.68. The van der Waals surface area contributed by atoms with E-state index in [0.29, 0.717) is 23.2 Å². The number of fused-ring (bicyclic) bond motifs is 2. The molecule has 3 rings (SSSR count). The molecule has 0 saturated carbocycles. The molecule has 0 atom stereocenters. The molecule has 0 fully saturated rings. The molecule has 2 heterocycles. The molecule has 0 N–H and O–H groups in total.